The number of hydrogen-bond donors (Lipinski definition) is 10. The van der Waals surface area contributed by atoms with Crippen molar-refractivity contribution in [3.63, 3.8) is 0 Å². The Labute approximate surface area is 266 Å². The molecule has 0 aliphatic heterocycles. The zero-order valence-electron chi connectivity index (χ0n) is 26.3. The van der Waals surface area contributed by atoms with Gasteiger partial charge in [0.2, 0.25) is 29.5 Å². The molecule has 268 valence electrons. The molecule has 0 aliphatic carbocycles. The third-order valence-corrected chi connectivity index (χ3v) is 4.14. The van der Waals surface area contributed by atoms with Gasteiger partial charge in [0.1, 0.15) is 0 Å². The van der Waals surface area contributed by atoms with Gasteiger partial charge in [0.15, 0.2) is 0 Å². The highest BCUT2D eigenvalue weighted by atomic mass is 16.4. The first kappa shape index (κ1) is 53.3. The van der Waals surface area contributed by atoms with Crippen LogP contribution in [0.4, 0.5) is 0 Å². The van der Waals surface area contributed by atoms with Gasteiger partial charge in [-0.3, -0.25) is 47.9 Å². The van der Waals surface area contributed by atoms with Crippen molar-refractivity contribution in [2.45, 2.75) is 72.1 Å². The van der Waals surface area contributed by atoms with Crippen molar-refractivity contribution in [1.82, 2.24) is 26.6 Å². The number of rotatable bonds is 18. The highest BCUT2D eigenvalue weighted by molar-refractivity contribution is 5.81. The molecule has 0 saturated heterocycles. The second-order valence-corrected chi connectivity index (χ2v) is 7.51. The van der Waals surface area contributed by atoms with Gasteiger partial charge in [0, 0.05) is 65.3 Å². The maximum Gasteiger partial charge on any atom is 0.305 e. The fraction of sp³-hybridized carbons (Fsp3) is 0.615. The molecule has 0 radical (unpaired) electrons. The van der Waals surface area contributed by atoms with Crippen LogP contribution in [0.3, 0.4) is 0 Å². The summed E-state index contributed by atoms with van der Waals surface area (Å²) in [6.45, 7) is 5.55. The molecule has 5 amide bonds. The van der Waals surface area contributed by atoms with E-state index in [0.29, 0.717) is 19.4 Å². The lowest BCUT2D eigenvalue weighted by molar-refractivity contribution is -0.137. The smallest absolute Gasteiger partial charge is 0.305 e. The van der Waals surface area contributed by atoms with Gasteiger partial charge in [0.05, 0.1) is 6.42 Å². The van der Waals surface area contributed by atoms with Crippen LogP contribution in [0, 0.1) is 0 Å². The zero-order valence-corrected chi connectivity index (χ0v) is 26.3. The summed E-state index contributed by atoms with van der Waals surface area (Å²) in [4.78, 5) is 101. The molecule has 0 bridgehead atoms. The van der Waals surface area contributed by atoms with Crippen LogP contribution in [0.15, 0.2) is 0 Å². The van der Waals surface area contributed by atoms with E-state index in [9.17, 15) is 28.8 Å². The number of aliphatic carboxylic acids is 1. The monoisotopic (exact) mass is 671 g/mol. The minimum atomic E-state index is -1.00. The van der Waals surface area contributed by atoms with Gasteiger partial charge in [-0.05, 0) is 12.8 Å². The number of hydrogen-bond acceptors (Lipinski definition) is 10. The average Bonchev–Trinajstić information content (AvgIpc) is 2.97. The van der Waals surface area contributed by atoms with Crippen molar-refractivity contribution >= 4 is 61.4 Å². The Morgan fingerprint density at radius 2 is 0.739 bits per heavy atom. The number of carbonyl (C=O) groups excluding carboxylic acids is 5. The number of nitrogens with one attached hydrogen (secondary N) is 5. The van der Waals surface area contributed by atoms with E-state index in [2.05, 4.69) is 26.6 Å². The average molecular weight is 672 g/mol. The van der Waals surface area contributed by atoms with Gasteiger partial charge in [-0.2, -0.15) is 0 Å². The van der Waals surface area contributed by atoms with Crippen LogP contribution in [-0.4, -0.2) is 120 Å². The Morgan fingerprint density at radius 1 is 0.457 bits per heavy atom. The Hall–Kier alpha value is -5.30. The van der Waals surface area contributed by atoms with Gasteiger partial charge >= 0.3 is 5.97 Å². The van der Waals surface area contributed by atoms with Crippen LogP contribution in [0.2, 0.25) is 0 Å². The standard InChI is InChI=1S/C20H35N5O7.C2H6.4CH2O2/c1-15(26)21-10-4-2-3-5-16(27)22-11-6-17(28)23-12-7-18(29)24-13-8-19(30)25-14-9-20(31)32;1-2;4*2-1-3/h2-14H2,1H3,(H,21,26)(H,22,27)(H,23,28)(H,24,29)(H,25,30)(H,31,32);1-2H3;4*1H,(H,2,3). The zero-order chi connectivity index (χ0) is 37.0. The van der Waals surface area contributed by atoms with E-state index in [-0.39, 0.29) is 107 Å². The molecule has 0 heterocycles. The number of amides is 5. The maximum absolute atomic E-state index is 11.7. The van der Waals surface area contributed by atoms with Crippen molar-refractivity contribution in [2.75, 3.05) is 32.7 Å². The van der Waals surface area contributed by atoms with Crippen LogP contribution >= 0.6 is 0 Å². The fourth-order valence-electron chi connectivity index (χ4n) is 2.46. The molecular formula is C26H49N5O15. The summed E-state index contributed by atoms with van der Waals surface area (Å²) in [5.41, 5.74) is 0. The van der Waals surface area contributed by atoms with Crippen molar-refractivity contribution in [3.05, 3.63) is 0 Å². The number of unbranched alkanes of at least 4 members (excludes halogenated alkanes) is 2. The topological polar surface area (TPSA) is 332 Å². The molecule has 0 spiro atoms. The van der Waals surface area contributed by atoms with Crippen LogP contribution in [0.5, 0.6) is 0 Å². The number of carbonyl (C=O) groups is 10. The van der Waals surface area contributed by atoms with E-state index >= 15 is 0 Å². The minimum absolute atomic E-state index is 0.0344. The van der Waals surface area contributed by atoms with E-state index < -0.39 is 5.97 Å². The van der Waals surface area contributed by atoms with E-state index in [1.165, 1.54) is 6.92 Å². The van der Waals surface area contributed by atoms with Crippen molar-refractivity contribution in [2.24, 2.45) is 0 Å². The van der Waals surface area contributed by atoms with Crippen LogP contribution in [0.1, 0.15) is 72.1 Å². The lowest BCUT2D eigenvalue weighted by Crippen LogP contribution is -2.35. The molecule has 0 saturated carbocycles. The molecule has 0 aliphatic rings. The number of carboxylic acid groups (broad SMARTS) is 5. The first-order valence-electron chi connectivity index (χ1n) is 13.7. The highest BCUT2D eigenvalue weighted by Crippen LogP contribution is 1.99. The highest BCUT2D eigenvalue weighted by Gasteiger charge is 2.07. The Kier molecular flexibility index (Phi) is 57.2. The molecular weight excluding hydrogens is 622 g/mol. The first-order valence-corrected chi connectivity index (χ1v) is 13.7. The third-order valence-electron chi connectivity index (χ3n) is 4.14. The van der Waals surface area contributed by atoms with E-state index in [1.807, 2.05) is 13.8 Å². The van der Waals surface area contributed by atoms with Crippen LogP contribution in [0.25, 0.3) is 0 Å². The summed E-state index contributed by atoms with van der Waals surface area (Å²) in [6, 6.07) is 0. The van der Waals surface area contributed by atoms with E-state index in [1.54, 1.807) is 0 Å². The largest absolute Gasteiger partial charge is 0.483 e. The SMILES string of the molecule is CC.CC(=O)NCCCCCC(=O)NCCC(=O)NCCC(=O)NCCC(=O)NCCC(=O)O.O=CO.O=CO.O=CO.O=CO. The minimum Gasteiger partial charge on any atom is -0.483 e. The molecule has 20 heteroatoms. The fourth-order valence-corrected chi connectivity index (χ4v) is 2.46. The summed E-state index contributed by atoms with van der Waals surface area (Å²) < 4.78 is 0. The van der Waals surface area contributed by atoms with Gasteiger partial charge in [-0.25, -0.2) is 0 Å². The second kappa shape index (κ2) is 49.4. The normalized spacial score (nSPS) is 8.15. The molecule has 0 aromatic heterocycles. The third kappa shape index (κ3) is 71.7. The van der Waals surface area contributed by atoms with E-state index in [0.717, 1.165) is 12.8 Å². The lowest BCUT2D eigenvalue weighted by Gasteiger charge is -2.08. The molecule has 10 N–H and O–H groups in total. The Balaban J connectivity index is -0.000000242. The molecule has 20 nitrogen and oxygen atoms in total. The maximum atomic E-state index is 11.7. The van der Waals surface area contributed by atoms with Gasteiger partial charge < -0.3 is 52.1 Å². The quantitative estimate of drug-likeness (QED) is 0.0593. The summed E-state index contributed by atoms with van der Waals surface area (Å²) in [5, 5.41) is 48.9. The molecule has 0 aromatic carbocycles. The second-order valence-electron chi connectivity index (χ2n) is 7.51. The van der Waals surface area contributed by atoms with Crippen molar-refractivity contribution in [1.29, 1.82) is 0 Å². The molecule has 0 fully saturated rings. The number of carboxylic acids is 1. The molecule has 46 heavy (non-hydrogen) atoms. The van der Waals surface area contributed by atoms with Crippen LogP contribution < -0.4 is 26.6 Å². The summed E-state index contributed by atoms with van der Waals surface area (Å²) >= 11 is 0. The molecule has 0 atom stereocenters. The molecule has 0 rings (SSSR count). The Bertz CT molecular complexity index is 804. The summed E-state index contributed by atoms with van der Waals surface area (Å²) in [7, 11) is 0. The van der Waals surface area contributed by atoms with Gasteiger partial charge in [-0.15, -0.1) is 0 Å². The van der Waals surface area contributed by atoms with Gasteiger partial charge in [-0.1, -0.05) is 20.3 Å². The first-order chi connectivity index (χ1) is 21.9. The predicted molar refractivity (Wildman–Crippen MR) is 161 cm³/mol. The van der Waals surface area contributed by atoms with Crippen LogP contribution in [-0.2, 0) is 47.9 Å². The van der Waals surface area contributed by atoms with E-state index in [4.69, 9.17) is 44.7 Å². The molecule has 0 aromatic rings. The summed E-state index contributed by atoms with van der Waals surface area (Å²) in [5.74, 6) is -2.18. The Morgan fingerprint density at radius 3 is 1.02 bits per heavy atom. The van der Waals surface area contributed by atoms with Crippen molar-refractivity contribution in [3.8, 4) is 0 Å². The predicted octanol–water partition coefficient (Wildman–Crippen LogP) is -1.38. The van der Waals surface area contributed by atoms with Crippen molar-refractivity contribution < 1.29 is 73.5 Å². The molecule has 0 unspecified atom stereocenters. The lowest BCUT2D eigenvalue weighted by atomic mass is 10.2. The van der Waals surface area contributed by atoms with Gasteiger partial charge in [0.25, 0.3) is 25.9 Å². The summed E-state index contributed by atoms with van der Waals surface area (Å²) in [6.07, 6.45) is 2.73.